The fraction of sp³-hybridized carbons (Fsp3) is 0.500. The van der Waals surface area contributed by atoms with Crippen molar-refractivity contribution < 1.29 is 0 Å². The summed E-state index contributed by atoms with van der Waals surface area (Å²) >= 11 is 1.68. The lowest BCUT2D eigenvalue weighted by Crippen LogP contribution is -2.34. The zero-order valence-electron chi connectivity index (χ0n) is 15.6. The number of nitrogens with one attached hydrogen (secondary N) is 1. The Kier molecular flexibility index (Phi) is 5.22. The molecule has 1 saturated heterocycles. The summed E-state index contributed by atoms with van der Waals surface area (Å²) < 4.78 is 2.22. The highest BCUT2D eigenvalue weighted by atomic mass is 32.1. The summed E-state index contributed by atoms with van der Waals surface area (Å²) in [6.45, 7) is 7.77. The van der Waals surface area contributed by atoms with Crippen molar-refractivity contribution >= 4 is 11.3 Å². The van der Waals surface area contributed by atoms with Gasteiger partial charge in [0.15, 0.2) is 5.13 Å². The second-order valence-electron chi connectivity index (χ2n) is 7.67. The Morgan fingerprint density at radius 3 is 3.12 bits per heavy atom. The molecule has 26 heavy (non-hydrogen) atoms. The number of hydrogen-bond donors (Lipinski definition) is 1. The summed E-state index contributed by atoms with van der Waals surface area (Å²) in [4.78, 5) is 7.03. The number of H-pyrrole nitrogens is 1. The van der Waals surface area contributed by atoms with Crippen LogP contribution in [0.3, 0.4) is 0 Å². The molecule has 3 aromatic rings. The summed E-state index contributed by atoms with van der Waals surface area (Å²) in [7, 11) is 0. The summed E-state index contributed by atoms with van der Waals surface area (Å²) in [5, 5.41) is 10.7. The normalized spacial score (nSPS) is 18.7. The maximum Gasteiger partial charge on any atom is 0.193 e. The topological polar surface area (TPSA) is 49.7 Å². The third-order valence-corrected chi connectivity index (χ3v) is 5.91. The van der Waals surface area contributed by atoms with Gasteiger partial charge in [0.25, 0.3) is 0 Å². The first kappa shape index (κ1) is 17.5. The number of rotatable bonds is 6. The molecule has 4 rings (SSSR count). The van der Waals surface area contributed by atoms with Gasteiger partial charge >= 0.3 is 0 Å². The van der Waals surface area contributed by atoms with E-state index in [-0.39, 0.29) is 0 Å². The van der Waals surface area contributed by atoms with Crippen LogP contribution in [0.2, 0.25) is 0 Å². The highest BCUT2D eigenvalue weighted by Gasteiger charge is 2.25. The minimum Gasteiger partial charge on any atom is -0.297 e. The Hall–Kier alpha value is -1.92. The monoisotopic (exact) mass is 369 g/mol. The molecule has 1 unspecified atom stereocenters. The molecule has 1 aliphatic rings. The van der Waals surface area contributed by atoms with E-state index in [1.165, 1.54) is 29.8 Å². The van der Waals surface area contributed by atoms with Crippen LogP contribution in [-0.2, 0) is 13.0 Å². The van der Waals surface area contributed by atoms with Gasteiger partial charge in [-0.1, -0.05) is 13.8 Å². The van der Waals surface area contributed by atoms with Gasteiger partial charge in [-0.3, -0.25) is 14.6 Å². The SMILES string of the molecule is CC(C)Cc1cn[nH]c1C1CCCN(Cc2cccn2-c2nccs2)C1. The Morgan fingerprint density at radius 1 is 1.38 bits per heavy atom. The molecule has 0 aromatic carbocycles. The predicted molar refractivity (Wildman–Crippen MR) is 106 cm³/mol. The molecular formula is C20H27N5S. The van der Waals surface area contributed by atoms with Gasteiger partial charge in [0, 0.05) is 48.2 Å². The van der Waals surface area contributed by atoms with Crippen molar-refractivity contribution in [1.82, 2.24) is 24.6 Å². The van der Waals surface area contributed by atoms with Gasteiger partial charge in [-0.25, -0.2) is 4.98 Å². The average molecular weight is 370 g/mol. The summed E-state index contributed by atoms with van der Waals surface area (Å²) in [5.41, 5.74) is 4.07. The van der Waals surface area contributed by atoms with E-state index < -0.39 is 0 Å². The maximum atomic E-state index is 4.46. The lowest BCUT2D eigenvalue weighted by molar-refractivity contribution is 0.195. The molecule has 1 fully saturated rings. The summed E-state index contributed by atoms with van der Waals surface area (Å²) in [6, 6.07) is 4.33. The second kappa shape index (κ2) is 7.76. The van der Waals surface area contributed by atoms with E-state index in [0.717, 1.165) is 31.2 Å². The fourth-order valence-electron chi connectivity index (χ4n) is 4.01. The quantitative estimate of drug-likeness (QED) is 0.707. The predicted octanol–water partition coefficient (Wildman–Crippen LogP) is 4.24. The van der Waals surface area contributed by atoms with Crippen LogP contribution in [0.5, 0.6) is 0 Å². The van der Waals surface area contributed by atoms with Crippen LogP contribution in [0.15, 0.2) is 36.1 Å². The fourth-order valence-corrected chi connectivity index (χ4v) is 4.66. The van der Waals surface area contributed by atoms with Crippen molar-refractivity contribution in [3.05, 3.63) is 53.1 Å². The van der Waals surface area contributed by atoms with E-state index in [1.54, 1.807) is 11.3 Å². The highest BCUT2D eigenvalue weighted by molar-refractivity contribution is 7.12. The molecule has 0 amide bonds. The first-order valence-electron chi connectivity index (χ1n) is 9.51. The van der Waals surface area contributed by atoms with Crippen LogP contribution in [0.4, 0.5) is 0 Å². The van der Waals surface area contributed by atoms with E-state index in [1.807, 2.05) is 17.8 Å². The number of piperidine rings is 1. The highest BCUT2D eigenvalue weighted by Crippen LogP contribution is 2.30. The van der Waals surface area contributed by atoms with Gasteiger partial charge in [-0.2, -0.15) is 5.10 Å². The summed E-state index contributed by atoms with van der Waals surface area (Å²) in [5.74, 6) is 1.22. The third-order valence-electron chi connectivity index (χ3n) is 5.14. The molecule has 1 aliphatic heterocycles. The number of hydrogen-bond acceptors (Lipinski definition) is 4. The van der Waals surface area contributed by atoms with Crippen LogP contribution >= 0.6 is 11.3 Å². The molecule has 6 heteroatoms. The zero-order chi connectivity index (χ0) is 17.9. The van der Waals surface area contributed by atoms with Crippen molar-refractivity contribution in [3.63, 3.8) is 0 Å². The molecule has 138 valence electrons. The van der Waals surface area contributed by atoms with Gasteiger partial charge in [0.05, 0.1) is 6.20 Å². The zero-order valence-corrected chi connectivity index (χ0v) is 16.4. The second-order valence-corrected chi connectivity index (χ2v) is 8.54. The minimum atomic E-state index is 0.559. The van der Waals surface area contributed by atoms with Crippen LogP contribution in [0.25, 0.3) is 5.13 Å². The molecule has 1 atom stereocenters. The summed E-state index contributed by atoms with van der Waals surface area (Å²) in [6.07, 6.45) is 9.61. The lowest BCUT2D eigenvalue weighted by atomic mass is 9.90. The van der Waals surface area contributed by atoms with Crippen LogP contribution in [0, 0.1) is 5.92 Å². The molecule has 5 nitrogen and oxygen atoms in total. The Labute approximate surface area is 159 Å². The van der Waals surface area contributed by atoms with Crippen molar-refractivity contribution in [2.75, 3.05) is 13.1 Å². The number of likely N-dealkylation sites (tertiary alicyclic amines) is 1. The largest absolute Gasteiger partial charge is 0.297 e. The van der Waals surface area contributed by atoms with Crippen molar-refractivity contribution in [2.45, 2.75) is 45.6 Å². The van der Waals surface area contributed by atoms with E-state index in [9.17, 15) is 0 Å². The molecule has 0 saturated carbocycles. The van der Waals surface area contributed by atoms with Crippen molar-refractivity contribution in [1.29, 1.82) is 0 Å². The number of aromatic nitrogens is 4. The molecule has 0 bridgehead atoms. The van der Waals surface area contributed by atoms with Crippen molar-refractivity contribution in [3.8, 4) is 5.13 Å². The van der Waals surface area contributed by atoms with Gasteiger partial charge in [0.1, 0.15) is 0 Å². The van der Waals surface area contributed by atoms with Gasteiger partial charge in [0.2, 0.25) is 0 Å². The number of aromatic amines is 1. The van der Waals surface area contributed by atoms with E-state index in [0.29, 0.717) is 11.8 Å². The lowest BCUT2D eigenvalue weighted by Gasteiger charge is -2.33. The number of nitrogens with zero attached hydrogens (tertiary/aromatic N) is 4. The minimum absolute atomic E-state index is 0.559. The molecule has 0 radical (unpaired) electrons. The maximum absolute atomic E-state index is 4.46. The van der Waals surface area contributed by atoms with E-state index in [4.69, 9.17) is 0 Å². The molecule has 0 spiro atoms. The van der Waals surface area contributed by atoms with Crippen LogP contribution in [0.1, 0.15) is 49.6 Å². The molecule has 0 aliphatic carbocycles. The molecule has 4 heterocycles. The third kappa shape index (κ3) is 3.76. The van der Waals surface area contributed by atoms with Gasteiger partial charge in [-0.05, 0) is 49.4 Å². The number of thiazole rings is 1. The van der Waals surface area contributed by atoms with E-state index in [2.05, 4.69) is 56.8 Å². The Balaban J connectivity index is 1.47. The van der Waals surface area contributed by atoms with E-state index >= 15 is 0 Å². The van der Waals surface area contributed by atoms with Gasteiger partial charge < -0.3 is 0 Å². The molecular weight excluding hydrogens is 342 g/mol. The molecule has 1 N–H and O–H groups in total. The van der Waals surface area contributed by atoms with Gasteiger partial charge in [-0.15, -0.1) is 11.3 Å². The first-order valence-corrected chi connectivity index (χ1v) is 10.4. The van der Waals surface area contributed by atoms with Crippen LogP contribution < -0.4 is 0 Å². The smallest absolute Gasteiger partial charge is 0.193 e. The van der Waals surface area contributed by atoms with Crippen LogP contribution in [-0.4, -0.2) is 37.7 Å². The first-order chi connectivity index (χ1) is 12.7. The Bertz CT molecular complexity index is 817. The standard InChI is InChI=1S/C20H27N5S/c1-15(2)11-17-12-22-23-19(17)16-5-3-8-24(13-16)14-18-6-4-9-25(18)20-21-7-10-26-20/h4,6-7,9-10,12,15-16H,3,5,8,11,13-14H2,1-2H3,(H,22,23). The van der Waals surface area contributed by atoms with Crippen molar-refractivity contribution in [2.24, 2.45) is 5.92 Å². The average Bonchev–Trinajstić information content (AvgIpc) is 3.35. The Morgan fingerprint density at radius 2 is 2.31 bits per heavy atom. The molecule has 3 aromatic heterocycles.